The highest BCUT2D eigenvalue weighted by molar-refractivity contribution is 7.46. The summed E-state index contributed by atoms with van der Waals surface area (Å²) >= 11 is 0. The van der Waals surface area contributed by atoms with Gasteiger partial charge in [-0.3, -0.25) is 9.79 Å². The fraction of sp³-hybridized carbons (Fsp3) is 0.333. The van der Waals surface area contributed by atoms with Crippen molar-refractivity contribution < 1.29 is 18.9 Å². The smallest absolute Gasteiger partial charge is 0.404 e. The van der Waals surface area contributed by atoms with Gasteiger partial charge in [-0.15, -0.1) is 0 Å². The molecule has 0 aliphatic rings. The van der Waals surface area contributed by atoms with E-state index in [-0.39, 0.29) is 5.75 Å². The van der Waals surface area contributed by atoms with Gasteiger partial charge in [0.1, 0.15) is 5.75 Å². The molecule has 5 heteroatoms. The summed E-state index contributed by atoms with van der Waals surface area (Å²) in [5.74, 6) is 0.189. The topological polar surface area (TPSA) is 66.8 Å². The molecule has 4 nitrogen and oxygen atoms in total. The summed E-state index contributed by atoms with van der Waals surface area (Å²) in [5.41, 5.74) is 1.18. The Kier molecular flexibility index (Phi) is 3.82. The molecule has 0 fully saturated rings. The Hall–Kier alpha value is -1.09. The van der Waals surface area contributed by atoms with Gasteiger partial charge in [-0.25, -0.2) is 4.57 Å². The molecule has 0 aliphatic heterocycles. The van der Waals surface area contributed by atoms with Gasteiger partial charge >= 0.3 is 7.82 Å². The van der Waals surface area contributed by atoms with E-state index in [2.05, 4.69) is 6.58 Å². The van der Waals surface area contributed by atoms with Crippen LogP contribution >= 0.6 is 7.82 Å². The minimum Gasteiger partial charge on any atom is -0.404 e. The number of hydrogen-bond acceptors (Lipinski definition) is 2. The second kappa shape index (κ2) is 4.65. The van der Waals surface area contributed by atoms with Gasteiger partial charge in [0.05, 0.1) is 0 Å². The van der Waals surface area contributed by atoms with E-state index in [0.29, 0.717) is 5.56 Å². The normalized spacial score (nSPS) is 12.3. The quantitative estimate of drug-likeness (QED) is 0.642. The van der Waals surface area contributed by atoms with Crippen LogP contribution < -0.4 is 4.52 Å². The minimum atomic E-state index is -4.54. The molecule has 0 radical (unpaired) electrons. The van der Waals surface area contributed by atoms with Crippen molar-refractivity contribution in [2.24, 2.45) is 0 Å². The van der Waals surface area contributed by atoms with Gasteiger partial charge in [0.15, 0.2) is 0 Å². The van der Waals surface area contributed by atoms with Crippen molar-refractivity contribution in [1.29, 1.82) is 0 Å². The Labute approximate surface area is 101 Å². The number of benzene rings is 1. The molecule has 0 bridgehead atoms. The maximum Gasteiger partial charge on any atom is 0.524 e. The molecule has 0 aromatic heterocycles. The molecule has 2 N–H and O–H groups in total. The molecule has 94 valence electrons. The van der Waals surface area contributed by atoms with Crippen LogP contribution in [0, 0.1) is 0 Å². The molecule has 1 aromatic carbocycles. The maximum atomic E-state index is 10.9. The van der Waals surface area contributed by atoms with Gasteiger partial charge in [0, 0.05) is 11.0 Å². The summed E-state index contributed by atoms with van der Waals surface area (Å²) in [7, 11) is -4.54. The van der Waals surface area contributed by atoms with Crippen LogP contribution in [0.25, 0.3) is 0 Å². The van der Waals surface area contributed by atoms with Gasteiger partial charge < -0.3 is 4.52 Å². The Morgan fingerprint density at radius 2 is 1.88 bits per heavy atom. The number of para-hydroxylation sites is 1. The zero-order chi connectivity index (χ0) is 13.3. The van der Waals surface area contributed by atoms with Crippen molar-refractivity contribution in [3.8, 4) is 5.75 Å². The third-order valence-corrected chi connectivity index (χ3v) is 3.28. The van der Waals surface area contributed by atoms with Crippen LogP contribution in [0.2, 0.25) is 0 Å². The Bertz CT molecular complexity index is 473. The average Bonchev–Trinajstić information content (AvgIpc) is 2.15. The molecule has 0 spiro atoms. The molecule has 0 heterocycles. The molecular weight excluding hydrogens is 239 g/mol. The Morgan fingerprint density at radius 1 is 1.35 bits per heavy atom. The second-order valence-electron chi connectivity index (χ2n) is 4.48. The van der Waals surface area contributed by atoms with E-state index in [9.17, 15) is 4.57 Å². The zero-order valence-electron chi connectivity index (χ0n) is 10.2. The van der Waals surface area contributed by atoms with Crippen molar-refractivity contribution >= 4 is 7.82 Å². The van der Waals surface area contributed by atoms with E-state index in [4.69, 9.17) is 14.3 Å². The zero-order valence-corrected chi connectivity index (χ0v) is 11.1. The van der Waals surface area contributed by atoms with E-state index in [1.165, 1.54) is 0 Å². The van der Waals surface area contributed by atoms with Crippen LogP contribution in [0.15, 0.2) is 36.4 Å². The molecular formula is C12H17O4P. The van der Waals surface area contributed by atoms with Crippen molar-refractivity contribution in [1.82, 2.24) is 0 Å². The van der Waals surface area contributed by atoms with Gasteiger partial charge in [-0.1, -0.05) is 44.2 Å². The van der Waals surface area contributed by atoms with Crippen LogP contribution in [0.5, 0.6) is 5.75 Å². The number of rotatable bonds is 4. The first-order chi connectivity index (χ1) is 7.64. The number of allylic oxidation sites excluding steroid dienone is 1. The predicted molar refractivity (Wildman–Crippen MR) is 67.0 cm³/mol. The van der Waals surface area contributed by atoms with E-state index in [0.717, 1.165) is 5.57 Å². The summed E-state index contributed by atoms with van der Waals surface area (Å²) in [4.78, 5) is 17.7. The van der Waals surface area contributed by atoms with Gasteiger partial charge in [0.25, 0.3) is 0 Å². The second-order valence-corrected chi connectivity index (χ2v) is 5.65. The maximum absolute atomic E-state index is 10.9. The van der Waals surface area contributed by atoms with Crippen LogP contribution in [0.4, 0.5) is 0 Å². The van der Waals surface area contributed by atoms with Crippen molar-refractivity contribution in [3.63, 3.8) is 0 Å². The molecule has 1 rings (SSSR count). The van der Waals surface area contributed by atoms with Gasteiger partial charge in [-0.2, -0.15) is 0 Å². The standard InChI is InChI=1S/C12H17O4P/c1-9(2)12(3,4)10-7-5-6-8-11(10)16-17(13,14)15/h5-8H,1H2,2-4H3,(H2,13,14,15). The fourth-order valence-corrected chi connectivity index (χ4v) is 1.84. The Balaban J connectivity index is 3.26. The minimum absolute atomic E-state index is 0.189. The first-order valence-electron chi connectivity index (χ1n) is 5.15. The number of hydrogen-bond donors (Lipinski definition) is 2. The van der Waals surface area contributed by atoms with E-state index >= 15 is 0 Å². The molecule has 0 unspecified atom stereocenters. The van der Waals surface area contributed by atoms with Crippen LogP contribution in [0.1, 0.15) is 26.3 Å². The lowest BCUT2D eigenvalue weighted by Crippen LogP contribution is -2.19. The monoisotopic (exact) mass is 256 g/mol. The lowest BCUT2D eigenvalue weighted by Gasteiger charge is -2.28. The summed E-state index contributed by atoms with van der Waals surface area (Å²) in [5, 5.41) is 0. The predicted octanol–water partition coefficient (Wildman–Crippen LogP) is 3.01. The lowest BCUT2D eigenvalue weighted by atomic mass is 9.79. The highest BCUT2D eigenvalue weighted by Gasteiger charge is 2.27. The van der Waals surface area contributed by atoms with Crippen LogP contribution in [-0.4, -0.2) is 9.79 Å². The van der Waals surface area contributed by atoms with Crippen molar-refractivity contribution in [2.75, 3.05) is 0 Å². The van der Waals surface area contributed by atoms with Crippen molar-refractivity contribution in [2.45, 2.75) is 26.2 Å². The molecule has 17 heavy (non-hydrogen) atoms. The van der Waals surface area contributed by atoms with E-state index < -0.39 is 13.2 Å². The molecule has 1 aromatic rings. The number of phosphoric ester groups is 1. The highest BCUT2D eigenvalue weighted by atomic mass is 31.2. The molecule has 0 saturated heterocycles. The highest BCUT2D eigenvalue weighted by Crippen LogP contribution is 2.43. The first kappa shape index (κ1) is 14.0. The summed E-state index contributed by atoms with van der Waals surface area (Å²) in [6, 6.07) is 6.79. The summed E-state index contributed by atoms with van der Waals surface area (Å²) in [6.07, 6.45) is 0. The summed E-state index contributed by atoms with van der Waals surface area (Å²) in [6.45, 7) is 9.62. The molecule has 0 aliphatic carbocycles. The number of phosphoric acid groups is 1. The third kappa shape index (κ3) is 3.43. The average molecular weight is 256 g/mol. The summed E-state index contributed by atoms with van der Waals surface area (Å²) < 4.78 is 15.6. The lowest BCUT2D eigenvalue weighted by molar-refractivity contribution is 0.281. The van der Waals surface area contributed by atoms with Crippen LogP contribution in [-0.2, 0) is 9.98 Å². The largest absolute Gasteiger partial charge is 0.524 e. The Morgan fingerprint density at radius 3 is 2.35 bits per heavy atom. The third-order valence-electron chi connectivity index (χ3n) is 2.84. The first-order valence-corrected chi connectivity index (χ1v) is 6.68. The van der Waals surface area contributed by atoms with Crippen molar-refractivity contribution in [3.05, 3.63) is 42.0 Å². The SMILES string of the molecule is C=C(C)C(C)(C)c1ccccc1OP(=O)(O)O. The molecule has 0 atom stereocenters. The van der Waals surface area contributed by atoms with E-state index in [1.54, 1.807) is 24.3 Å². The van der Waals surface area contributed by atoms with E-state index in [1.807, 2.05) is 20.8 Å². The molecule has 0 saturated carbocycles. The van der Waals surface area contributed by atoms with Crippen LogP contribution in [0.3, 0.4) is 0 Å². The van der Waals surface area contributed by atoms with Gasteiger partial charge in [-0.05, 0) is 13.0 Å². The fourth-order valence-electron chi connectivity index (χ4n) is 1.42. The molecule has 0 amide bonds. The van der Waals surface area contributed by atoms with Gasteiger partial charge in [0.2, 0.25) is 0 Å².